The third-order valence-corrected chi connectivity index (χ3v) is 5.39. The summed E-state index contributed by atoms with van der Waals surface area (Å²) in [5.41, 5.74) is 0.741. The zero-order valence-electron chi connectivity index (χ0n) is 16.0. The van der Waals surface area contributed by atoms with Gasteiger partial charge in [-0.1, -0.05) is 11.3 Å². The molecule has 0 aliphatic carbocycles. The SMILES string of the molecule is COc1ccc2sc(N(CCN(C)C)C(=O)CN3C(=O)CCC3=O)nc2c1.Cl. The van der Waals surface area contributed by atoms with E-state index in [2.05, 4.69) is 4.98 Å². The van der Waals surface area contributed by atoms with E-state index in [-0.39, 0.29) is 49.5 Å². The van der Waals surface area contributed by atoms with Gasteiger partial charge < -0.3 is 9.64 Å². The highest BCUT2D eigenvalue weighted by Crippen LogP contribution is 2.31. The number of anilines is 1. The standard InChI is InChI=1S/C18H22N4O4S.ClH/c1-20(2)8-9-21(17(25)11-22-15(23)6-7-16(22)24)18-19-13-10-12(26-3)4-5-14(13)27-18;/h4-5,10H,6-9,11H2,1-3H3;1H. The number of halogens is 1. The molecule has 0 radical (unpaired) electrons. The van der Waals surface area contributed by atoms with Crippen molar-refractivity contribution < 1.29 is 19.1 Å². The molecule has 1 fully saturated rings. The number of likely N-dealkylation sites (N-methyl/N-ethyl adjacent to an activating group) is 1. The van der Waals surface area contributed by atoms with Gasteiger partial charge in [-0.2, -0.15) is 0 Å². The molecule has 0 unspecified atom stereocenters. The number of imide groups is 1. The van der Waals surface area contributed by atoms with Crippen LogP contribution in [0.15, 0.2) is 18.2 Å². The molecule has 0 saturated carbocycles. The van der Waals surface area contributed by atoms with Crippen LogP contribution in [0.5, 0.6) is 5.75 Å². The number of hydrogen-bond donors (Lipinski definition) is 0. The van der Waals surface area contributed by atoms with E-state index in [1.807, 2.05) is 37.2 Å². The maximum atomic E-state index is 12.9. The van der Waals surface area contributed by atoms with Gasteiger partial charge in [-0.25, -0.2) is 4.98 Å². The first-order valence-corrected chi connectivity index (χ1v) is 9.43. The quantitative estimate of drug-likeness (QED) is 0.627. The number of likely N-dealkylation sites (tertiary alicyclic amines) is 1. The summed E-state index contributed by atoms with van der Waals surface area (Å²) in [6.45, 7) is 0.802. The Balaban J connectivity index is 0.00000280. The Morgan fingerprint density at radius 2 is 1.89 bits per heavy atom. The molecule has 2 heterocycles. The number of carbonyl (C=O) groups is 3. The average Bonchev–Trinajstić information content (AvgIpc) is 3.19. The highest BCUT2D eigenvalue weighted by molar-refractivity contribution is 7.22. The molecule has 1 saturated heterocycles. The summed E-state index contributed by atoms with van der Waals surface area (Å²) in [5.74, 6) is -0.213. The van der Waals surface area contributed by atoms with Crippen LogP contribution in [0.4, 0.5) is 5.13 Å². The number of ether oxygens (including phenoxy) is 1. The predicted molar refractivity (Wildman–Crippen MR) is 110 cm³/mol. The van der Waals surface area contributed by atoms with Crippen LogP contribution in [-0.4, -0.2) is 73.3 Å². The second-order valence-corrected chi connectivity index (χ2v) is 7.56. The highest BCUT2D eigenvalue weighted by Gasteiger charge is 2.32. The van der Waals surface area contributed by atoms with Crippen LogP contribution >= 0.6 is 23.7 Å². The van der Waals surface area contributed by atoms with Crippen LogP contribution in [-0.2, 0) is 14.4 Å². The molecule has 152 valence electrons. The van der Waals surface area contributed by atoms with Crippen molar-refractivity contribution >= 4 is 56.8 Å². The van der Waals surface area contributed by atoms with Gasteiger partial charge >= 0.3 is 0 Å². The number of amides is 3. The fraction of sp³-hybridized carbons (Fsp3) is 0.444. The van der Waals surface area contributed by atoms with Crippen LogP contribution in [0.25, 0.3) is 10.2 Å². The van der Waals surface area contributed by atoms with E-state index in [0.29, 0.717) is 24.0 Å². The summed E-state index contributed by atoms with van der Waals surface area (Å²) < 4.78 is 6.16. The topological polar surface area (TPSA) is 83.0 Å². The van der Waals surface area contributed by atoms with Crippen molar-refractivity contribution in [2.24, 2.45) is 0 Å². The molecule has 0 atom stereocenters. The van der Waals surface area contributed by atoms with Gasteiger partial charge in [0.1, 0.15) is 12.3 Å². The molecule has 8 nitrogen and oxygen atoms in total. The molecular weight excluding hydrogens is 404 g/mol. The molecule has 28 heavy (non-hydrogen) atoms. The third-order valence-electron chi connectivity index (χ3n) is 4.33. The number of fused-ring (bicyclic) bond motifs is 1. The smallest absolute Gasteiger partial charge is 0.248 e. The van der Waals surface area contributed by atoms with E-state index in [1.165, 1.54) is 11.3 Å². The van der Waals surface area contributed by atoms with Crippen molar-refractivity contribution in [1.82, 2.24) is 14.8 Å². The fourth-order valence-electron chi connectivity index (χ4n) is 2.78. The van der Waals surface area contributed by atoms with Crippen LogP contribution in [0.2, 0.25) is 0 Å². The first-order valence-electron chi connectivity index (χ1n) is 8.62. The van der Waals surface area contributed by atoms with Gasteiger partial charge in [-0.05, 0) is 26.2 Å². The zero-order chi connectivity index (χ0) is 19.6. The monoisotopic (exact) mass is 426 g/mol. The molecule has 1 aromatic carbocycles. The Morgan fingerprint density at radius 3 is 2.50 bits per heavy atom. The maximum absolute atomic E-state index is 12.9. The Labute approximate surface area is 173 Å². The van der Waals surface area contributed by atoms with E-state index < -0.39 is 0 Å². The first kappa shape index (κ1) is 22.1. The lowest BCUT2D eigenvalue weighted by molar-refractivity contribution is -0.141. The lowest BCUT2D eigenvalue weighted by atomic mass is 10.3. The second kappa shape index (κ2) is 9.31. The summed E-state index contributed by atoms with van der Waals surface area (Å²) in [6.07, 6.45) is 0.343. The van der Waals surface area contributed by atoms with Crippen LogP contribution in [0.1, 0.15) is 12.8 Å². The van der Waals surface area contributed by atoms with Crippen molar-refractivity contribution in [3.63, 3.8) is 0 Å². The van der Waals surface area contributed by atoms with Crippen LogP contribution in [0, 0.1) is 0 Å². The van der Waals surface area contributed by atoms with Crippen molar-refractivity contribution in [2.75, 3.05) is 45.7 Å². The molecule has 1 aliphatic heterocycles. The van der Waals surface area contributed by atoms with Gasteiger partial charge in [0.05, 0.1) is 17.3 Å². The van der Waals surface area contributed by atoms with Crippen LogP contribution < -0.4 is 9.64 Å². The zero-order valence-corrected chi connectivity index (χ0v) is 17.6. The number of carbonyl (C=O) groups excluding carboxylic acids is 3. The predicted octanol–water partition coefficient (Wildman–Crippen LogP) is 1.77. The lowest BCUT2D eigenvalue weighted by Gasteiger charge is -2.24. The van der Waals surface area contributed by atoms with Crippen molar-refractivity contribution in [1.29, 1.82) is 0 Å². The number of methoxy groups -OCH3 is 1. The van der Waals surface area contributed by atoms with E-state index >= 15 is 0 Å². The van der Waals surface area contributed by atoms with Gasteiger partial charge in [0.2, 0.25) is 17.7 Å². The molecule has 1 aromatic heterocycles. The number of thiazole rings is 1. The van der Waals surface area contributed by atoms with Crippen molar-refractivity contribution in [2.45, 2.75) is 12.8 Å². The maximum Gasteiger partial charge on any atom is 0.248 e. The van der Waals surface area contributed by atoms with Gasteiger partial charge in [0, 0.05) is 32.0 Å². The third kappa shape index (κ3) is 4.78. The molecule has 0 spiro atoms. The first-order chi connectivity index (χ1) is 12.9. The number of benzene rings is 1. The van der Waals surface area contributed by atoms with Crippen LogP contribution in [0.3, 0.4) is 0 Å². The summed E-state index contributed by atoms with van der Waals surface area (Å²) in [7, 11) is 5.42. The Hall–Kier alpha value is -2.23. The van der Waals surface area contributed by atoms with Gasteiger partial charge in [-0.3, -0.25) is 24.2 Å². The normalized spacial score (nSPS) is 13.9. The molecular formula is C18H23ClN4O4S. The Morgan fingerprint density at radius 1 is 1.21 bits per heavy atom. The minimum absolute atomic E-state index is 0. The van der Waals surface area contributed by atoms with Crippen molar-refractivity contribution in [3.8, 4) is 5.75 Å². The number of rotatable bonds is 7. The van der Waals surface area contributed by atoms with Gasteiger partial charge in [-0.15, -0.1) is 12.4 Å². The Bertz CT molecular complexity index is 870. The summed E-state index contributed by atoms with van der Waals surface area (Å²) >= 11 is 1.40. The summed E-state index contributed by atoms with van der Waals surface area (Å²) in [5, 5.41) is 0.546. The summed E-state index contributed by atoms with van der Waals surface area (Å²) in [6, 6.07) is 5.56. The minimum atomic E-state index is -0.313. The molecule has 2 aromatic rings. The molecule has 1 aliphatic rings. The van der Waals surface area contributed by atoms with Gasteiger partial charge in [0.25, 0.3) is 0 Å². The summed E-state index contributed by atoms with van der Waals surface area (Å²) in [4.78, 5) is 45.7. The van der Waals surface area contributed by atoms with E-state index in [0.717, 1.165) is 15.1 Å². The largest absolute Gasteiger partial charge is 0.497 e. The second-order valence-electron chi connectivity index (χ2n) is 6.55. The van der Waals surface area contributed by atoms with E-state index in [4.69, 9.17) is 4.74 Å². The highest BCUT2D eigenvalue weighted by atomic mass is 35.5. The molecule has 3 rings (SSSR count). The molecule has 3 amide bonds. The van der Waals surface area contributed by atoms with E-state index in [9.17, 15) is 14.4 Å². The van der Waals surface area contributed by atoms with E-state index in [1.54, 1.807) is 12.0 Å². The molecule has 0 N–H and O–H groups in total. The molecule has 10 heteroatoms. The minimum Gasteiger partial charge on any atom is -0.497 e. The van der Waals surface area contributed by atoms with Gasteiger partial charge in [0.15, 0.2) is 5.13 Å². The number of hydrogen-bond acceptors (Lipinski definition) is 7. The Kier molecular flexibility index (Phi) is 7.34. The lowest BCUT2D eigenvalue weighted by Crippen LogP contribution is -2.44. The number of aromatic nitrogens is 1. The number of nitrogens with zero attached hydrogens (tertiary/aromatic N) is 4. The molecule has 0 bridgehead atoms. The average molecular weight is 427 g/mol. The fourth-order valence-corrected chi connectivity index (χ4v) is 3.77. The van der Waals surface area contributed by atoms with Crippen molar-refractivity contribution in [3.05, 3.63) is 18.2 Å².